The molecule has 33 heavy (non-hydrogen) atoms. The zero-order valence-corrected chi connectivity index (χ0v) is 20.9. The van der Waals surface area contributed by atoms with Crippen LogP contribution in [-0.4, -0.2) is 21.9 Å². The molecule has 2 heterocycles. The van der Waals surface area contributed by atoms with Crippen molar-refractivity contribution in [2.75, 3.05) is 0 Å². The van der Waals surface area contributed by atoms with Gasteiger partial charge in [0.1, 0.15) is 6.10 Å². The number of ether oxygens (including phenoxy) is 1. The molecule has 1 aliphatic heterocycles. The highest BCUT2D eigenvalue weighted by Crippen LogP contribution is 2.53. The van der Waals surface area contributed by atoms with Crippen molar-refractivity contribution < 1.29 is 9.53 Å². The standard InChI is InChI=1S/C27H26Cl3NO2/c1-15-24-20(26(32)33-15)6-5-19(16-9-11-27(2,30)12-10-16)25(24)23-8-3-17(14-31-23)21-13-18(28)4-7-22(21)29/h3-4,7-11,13-15,19-20,24-25H,5-6,12H2,1-2H3. The van der Waals surface area contributed by atoms with Crippen LogP contribution in [0.1, 0.15) is 44.7 Å². The Morgan fingerprint density at radius 1 is 1.12 bits per heavy atom. The number of hydrogen-bond donors (Lipinski definition) is 0. The fourth-order valence-electron chi connectivity index (χ4n) is 5.75. The molecule has 1 aromatic carbocycles. The van der Waals surface area contributed by atoms with Crippen molar-refractivity contribution in [2.24, 2.45) is 17.8 Å². The lowest BCUT2D eigenvalue weighted by atomic mass is 9.62. The first-order valence-electron chi connectivity index (χ1n) is 11.4. The summed E-state index contributed by atoms with van der Waals surface area (Å²) in [5.41, 5.74) is 4.03. The van der Waals surface area contributed by atoms with Crippen LogP contribution in [0.3, 0.4) is 0 Å². The van der Waals surface area contributed by atoms with E-state index >= 15 is 0 Å². The number of cyclic esters (lactones) is 1. The van der Waals surface area contributed by atoms with Gasteiger partial charge < -0.3 is 4.74 Å². The number of hydrogen-bond acceptors (Lipinski definition) is 3. The van der Waals surface area contributed by atoms with Gasteiger partial charge in [0.05, 0.1) is 10.8 Å². The molecule has 0 amide bonds. The van der Waals surface area contributed by atoms with Crippen molar-refractivity contribution in [3.63, 3.8) is 0 Å². The minimum absolute atomic E-state index is 0.0696. The lowest BCUT2D eigenvalue weighted by molar-refractivity contribution is -0.144. The molecule has 0 radical (unpaired) electrons. The van der Waals surface area contributed by atoms with Gasteiger partial charge >= 0.3 is 5.97 Å². The number of halogens is 3. The second-order valence-electron chi connectivity index (χ2n) is 9.65. The van der Waals surface area contributed by atoms with E-state index in [2.05, 4.69) is 24.3 Å². The second kappa shape index (κ2) is 8.76. The van der Waals surface area contributed by atoms with Crippen LogP contribution < -0.4 is 0 Å². The van der Waals surface area contributed by atoms with E-state index in [4.69, 9.17) is 44.5 Å². The van der Waals surface area contributed by atoms with Crippen LogP contribution in [0.25, 0.3) is 11.1 Å². The summed E-state index contributed by atoms with van der Waals surface area (Å²) in [5, 5.41) is 1.26. The average Bonchev–Trinajstić information content (AvgIpc) is 3.08. The Morgan fingerprint density at radius 3 is 2.61 bits per heavy atom. The molecule has 3 nitrogen and oxygen atoms in total. The predicted molar refractivity (Wildman–Crippen MR) is 134 cm³/mol. The van der Waals surface area contributed by atoms with Crippen molar-refractivity contribution in [3.8, 4) is 11.1 Å². The lowest BCUT2D eigenvalue weighted by Crippen LogP contribution is -2.37. The molecule has 0 spiro atoms. The van der Waals surface area contributed by atoms with E-state index in [1.807, 2.05) is 32.2 Å². The fourth-order valence-corrected chi connectivity index (χ4v) is 6.29. The molecule has 2 aromatic rings. The van der Waals surface area contributed by atoms with Gasteiger partial charge in [0.25, 0.3) is 0 Å². The maximum Gasteiger partial charge on any atom is 0.309 e. The smallest absolute Gasteiger partial charge is 0.309 e. The van der Waals surface area contributed by atoms with E-state index in [-0.39, 0.29) is 40.6 Å². The summed E-state index contributed by atoms with van der Waals surface area (Å²) >= 11 is 19.1. The van der Waals surface area contributed by atoms with Crippen LogP contribution in [0, 0.1) is 17.8 Å². The van der Waals surface area contributed by atoms with E-state index < -0.39 is 0 Å². The molecule has 5 rings (SSSR count). The number of fused-ring (bicyclic) bond motifs is 1. The molecule has 3 aliphatic rings. The normalized spacial score (nSPS) is 33.4. The molecule has 2 aliphatic carbocycles. The Kier molecular flexibility index (Phi) is 6.09. The van der Waals surface area contributed by atoms with Crippen LogP contribution in [0.5, 0.6) is 0 Å². The van der Waals surface area contributed by atoms with E-state index in [1.165, 1.54) is 5.57 Å². The predicted octanol–water partition coefficient (Wildman–Crippen LogP) is 7.61. The van der Waals surface area contributed by atoms with E-state index in [9.17, 15) is 4.79 Å². The first-order chi connectivity index (χ1) is 15.7. The highest BCUT2D eigenvalue weighted by Gasteiger charge is 2.52. The van der Waals surface area contributed by atoms with Crippen molar-refractivity contribution in [2.45, 2.75) is 50.0 Å². The molecule has 2 fully saturated rings. The number of pyridine rings is 1. The van der Waals surface area contributed by atoms with Crippen molar-refractivity contribution in [3.05, 3.63) is 76.1 Å². The summed E-state index contributed by atoms with van der Waals surface area (Å²) in [7, 11) is 0. The topological polar surface area (TPSA) is 39.2 Å². The van der Waals surface area contributed by atoms with Crippen molar-refractivity contribution in [1.29, 1.82) is 0 Å². The minimum atomic E-state index is -0.341. The molecular weight excluding hydrogens is 477 g/mol. The Labute approximate surface area is 209 Å². The van der Waals surface area contributed by atoms with E-state index in [0.29, 0.717) is 10.0 Å². The third-order valence-corrected chi connectivity index (χ3v) is 8.25. The molecule has 1 aromatic heterocycles. The van der Waals surface area contributed by atoms with Gasteiger partial charge in [-0.1, -0.05) is 47.5 Å². The van der Waals surface area contributed by atoms with Gasteiger partial charge in [0.15, 0.2) is 0 Å². The summed E-state index contributed by atoms with van der Waals surface area (Å²) in [4.78, 5) is 17.1. The summed E-state index contributed by atoms with van der Waals surface area (Å²) in [5.74, 6) is 0.310. The SMILES string of the molecule is CC1OC(=O)C2CCC(C3=CCC(C)(Cl)C=C3)C(c3ccc(-c4cc(Cl)ccc4Cl)cn3)C12. The number of allylic oxidation sites excluding steroid dienone is 4. The van der Waals surface area contributed by atoms with E-state index in [1.54, 1.807) is 12.1 Å². The van der Waals surface area contributed by atoms with Gasteiger partial charge in [-0.15, -0.1) is 11.6 Å². The summed E-state index contributed by atoms with van der Waals surface area (Å²) < 4.78 is 5.69. The zero-order valence-electron chi connectivity index (χ0n) is 18.6. The molecule has 0 bridgehead atoms. The number of esters is 1. The largest absolute Gasteiger partial charge is 0.462 e. The highest BCUT2D eigenvalue weighted by molar-refractivity contribution is 6.35. The van der Waals surface area contributed by atoms with Gasteiger partial charge in [0.2, 0.25) is 0 Å². The number of rotatable bonds is 3. The maximum absolute atomic E-state index is 12.6. The highest BCUT2D eigenvalue weighted by atomic mass is 35.5. The van der Waals surface area contributed by atoms with Gasteiger partial charge in [-0.2, -0.15) is 0 Å². The average molecular weight is 503 g/mol. The Bertz CT molecular complexity index is 1140. The van der Waals surface area contributed by atoms with Crippen LogP contribution in [0.2, 0.25) is 10.0 Å². The summed E-state index contributed by atoms with van der Waals surface area (Å²) in [6.45, 7) is 4.04. The summed E-state index contributed by atoms with van der Waals surface area (Å²) in [6, 6.07) is 9.54. The van der Waals surface area contributed by atoms with Gasteiger partial charge in [0, 0.05) is 44.9 Å². The number of alkyl halides is 1. The molecule has 6 atom stereocenters. The second-order valence-corrected chi connectivity index (χ2v) is 11.4. The summed E-state index contributed by atoms with van der Waals surface area (Å²) in [6.07, 6.45) is 10.8. The monoisotopic (exact) mass is 501 g/mol. The Hall–Kier alpha value is -1.81. The van der Waals surface area contributed by atoms with Gasteiger partial charge in [-0.05, 0) is 68.9 Å². The number of aromatic nitrogens is 1. The first kappa shape index (κ1) is 23.0. The van der Waals surface area contributed by atoms with Gasteiger partial charge in [-0.25, -0.2) is 0 Å². The van der Waals surface area contributed by atoms with Crippen LogP contribution in [-0.2, 0) is 9.53 Å². The molecule has 1 saturated carbocycles. The van der Waals surface area contributed by atoms with Crippen LogP contribution in [0.15, 0.2) is 60.3 Å². The van der Waals surface area contributed by atoms with Crippen LogP contribution >= 0.6 is 34.8 Å². The van der Waals surface area contributed by atoms with Crippen LogP contribution in [0.4, 0.5) is 0 Å². The zero-order chi connectivity index (χ0) is 23.3. The Balaban J connectivity index is 1.53. The third-order valence-electron chi connectivity index (χ3n) is 7.40. The van der Waals surface area contributed by atoms with Gasteiger partial charge in [-0.3, -0.25) is 9.78 Å². The molecular formula is C27H26Cl3NO2. The maximum atomic E-state index is 12.6. The lowest BCUT2D eigenvalue weighted by Gasteiger charge is -2.40. The molecule has 6 unspecified atom stereocenters. The number of benzene rings is 1. The third kappa shape index (κ3) is 4.36. The van der Waals surface area contributed by atoms with E-state index in [0.717, 1.165) is 36.1 Å². The molecule has 172 valence electrons. The Morgan fingerprint density at radius 2 is 1.91 bits per heavy atom. The number of nitrogens with zero attached hydrogens (tertiary/aromatic N) is 1. The van der Waals surface area contributed by atoms with Crippen molar-refractivity contribution >= 4 is 40.8 Å². The number of carbonyl (C=O) groups excluding carboxylic acids is 1. The molecule has 6 heteroatoms. The minimum Gasteiger partial charge on any atom is -0.462 e. The quantitative estimate of drug-likeness (QED) is 0.320. The molecule has 0 N–H and O–H groups in total. The molecule has 1 saturated heterocycles. The fraction of sp³-hybridized carbons (Fsp3) is 0.407. The first-order valence-corrected chi connectivity index (χ1v) is 12.6. The van der Waals surface area contributed by atoms with Crippen molar-refractivity contribution in [1.82, 2.24) is 4.98 Å². The number of carbonyl (C=O) groups is 1.